The molecule has 4 atom stereocenters. The summed E-state index contributed by atoms with van der Waals surface area (Å²) >= 11 is 0. The van der Waals surface area contributed by atoms with Crippen molar-refractivity contribution >= 4 is 5.78 Å². The highest BCUT2D eigenvalue weighted by Gasteiger charge is 2.30. The van der Waals surface area contributed by atoms with Crippen molar-refractivity contribution in [2.24, 2.45) is 11.8 Å². The zero-order valence-electron chi connectivity index (χ0n) is 17.2. The minimum Gasteiger partial charge on any atom is -0.311 e. The van der Waals surface area contributed by atoms with Gasteiger partial charge >= 0.3 is 0 Å². The van der Waals surface area contributed by atoms with Crippen LogP contribution in [-0.2, 0) is 4.79 Å². The number of Topliss-reactive ketones (excluding diaryl/α,β-unsaturated/α-hetero) is 1. The van der Waals surface area contributed by atoms with E-state index in [0.29, 0.717) is 29.7 Å². The Hall–Kier alpha value is -0.370. The van der Waals surface area contributed by atoms with Gasteiger partial charge < -0.3 is 5.32 Å². The van der Waals surface area contributed by atoms with E-state index in [1.165, 1.54) is 109 Å². The van der Waals surface area contributed by atoms with Crippen LogP contribution in [0.1, 0.15) is 122 Å². The highest BCUT2D eigenvalue weighted by Crippen LogP contribution is 2.31. The summed E-state index contributed by atoms with van der Waals surface area (Å²) in [5.74, 6) is 1.40. The lowest BCUT2D eigenvalue weighted by Crippen LogP contribution is -2.41. The fourth-order valence-corrected chi connectivity index (χ4v) is 5.75. The van der Waals surface area contributed by atoms with E-state index in [9.17, 15) is 4.79 Å². The van der Waals surface area contributed by atoms with Gasteiger partial charge in [0.2, 0.25) is 0 Å². The maximum absolute atomic E-state index is 13.4. The molecular weight excluding hydrogens is 318 g/mol. The van der Waals surface area contributed by atoms with Crippen LogP contribution in [0.15, 0.2) is 0 Å². The van der Waals surface area contributed by atoms with Crippen LogP contribution in [0.2, 0.25) is 0 Å². The van der Waals surface area contributed by atoms with Crippen molar-refractivity contribution in [3.05, 3.63) is 0 Å². The molecule has 2 heteroatoms. The Morgan fingerprint density at radius 1 is 0.462 bits per heavy atom. The highest BCUT2D eigenvalue weighted by molar-refractivity contribution is 5.83. The van der Waals surface area contributed by atoms with E-state index in [1.807, 2.05) is 0 Å². The Kier molecular flexibility index (Phi) is 8.98. The van der Waals surface area contributed by atoms with Gasteiger partial charge in [-0.15, -0.1) is 0 Å². The number of rotatable bonds is 0. The van der Waals surface area contributed by atoms with Crippen molar-refractivity contribution in [1.82, 2.24) is 5.32 Å². The number of nitrogens with one attached hydrogen (secondary N) is 1. The Balaban J connectivity index is 1.75. The molecule has 0 spiro atoms. The number of fused-ring (bicyclic) bond motifs is 6. The van der Waals surface area contributed by atoms with Crippen LogP contribution in [0.4, 0.5) is 0 Å². The number of ketones is 1. The van der Waals surface area contributed by atoms with E-state index in [4.69, 9.17) is 0 Å². The van der Waals surface area contributed by atoms with E-state index in [1.54, 1.807) is 0 Å². The molecule has 0 aromatic carbocycles. The maximum atomic E-state index is 13.4. The monoisotopic (exact) mass is 361 g/mol. The number of carbonyl (C=O) groups is 1. The summed E-state index contributed by atoms with van der Waals surface area (Å²) in [4.78, 5) is 13.4. The third-order valence-electron chi connectivity index (χ3n) is 7.46. The standard InChI is InChI=1S/C24H43NO/c26-24-20-12-8-4-1-2-6-10-14-22(18-16-20)25-23-15-11-7-3-5-9-13-21(24)17-19-23/h20-23,25H,1-19H2. The predicted molar refractivity (Wildman–Crippen MR) is 110 cm³/mol. The first-order valence-electron chi connectivity index (χ1n) is 12.1. The van der Waals surface area contributed by atoms with Crippen molar-refractivity contribution < 1.29 is 4.79 Å². The SMILES string of the molecule is O=C1C2CCCCCCCCC(CC2)NC2CCCCCCCC1CC2. The summed E-state index contributed by atoms with van der Waals surface area (Å²) in [5.41, 5.74) is 0. The lowest BCUT2D eigenvalue weighted by Gasteiger charge is -2.32. The largest absolute Gasteiger partial charge is 0.311 e. The molecule has 3 rings (SSSR count). The molecule has 0 amide bonds. The van der Waals surface area contributed by atoms with Crippen molar-refractivity contribution in [1.29, 1.82) is 0 Å². The van der Waals surface area contributed by atoms with Crippen LogP contribution in [0.3, 0.4) is 0 Å². The molecular formula is C24H43NO. The second-order valence-corrected chi connectivity index (χ2v) is 9.56. The smallest absolute Gasteiger partial charge is 0.139 e. The first-order chi connectivity index (χ1) is 12.8. The molecule has 1 saturated heterocycles. The quantitative estimate of drug-likeness (QED) is 0.529. The Labute approximate surface area is 162 Å². The second kappa shape index (κ2) is 11.5. The summed E-state index contributed by atoms with van der Waals surface area (Å²) in [7, 11) is 0. The molecule has 2 aliphatic carbocycles. The first kappa shape index (κ1) is 20.4. The van der Waals surface area contributed by atoms with Gasteiger partial charge in [0, 0.05) is 23.9 Å². The van der Waals surface area contributed by atoms with E-state index in [0.717, 1.165) is 12.8 Å². The molecule has 4 bridgehead atoms. The lowest BCUT2D eigenvalue weighted by molar-refractivity contribution is -0.128. The summed E-state index contributed by atoms with van der Waals surface area (Å²) in [6, 6.07) is 1.33. The van der Waals surface area contributed by atoms with E-state index in [2.05, 4.69) is 5.32 Å². The number of hydrogen-bond acceptors (Lipinski definition) is 2. The molecule has 0 aromatic heterocycles. The molecule has 0 radical (unpaired) electrons. The average molecular weight is 362 g/mol. The van der Waals surface area contributed by atoms with Crippen molar-refractivity contribution in [3.63, 3.8) is 0 Å². The fraction of sp³-hybridized carbons (Fsp3) is 0.958. The van der Waals surface area contributed by atoms with Crippen molar-refractivity contribution in [2.75, 3.05) is 0 Å². The highest BCUT2D eigenvalue weighted by atomic mass is 16.1. The minimum atomic E-state index is 0.366. The molecule has 26 heavy (non-hydrogen) atoms. The average Bonchev–Trinajstić information content (AvgIpc) is 2.69. The van der Waals surface area contributed by atoms with Crippen LogP contribution in [0.25, 0.3) is 0 Å². The third-order valence-corrected chi connectivity index (χ3v) is 7.46. The minimum absolute atomic E-state index is 0.366. The molecule has 4 unspecified atom stereocenters. The van der Waals surface area contributed by atoms with E-state index in [-0.39, 0.29) is 0 Å². The summed E-state index contributed by atoms with van der Waals surface area (Å²) < 4.78 is 0. The third kappa shape index (κ3) is 6.66. The summed E-state index contributed by atoms with van der Waals surface area (Å²) in [6.45, 7) is 0. The van der Waals surface area contributed by atoms with Crippen LogP contribution < -0.4 is 5.32 Å². The molecule has 1 aliphatic heterocycles. The molecule has 1 N–H and O–H groups in total. The Morgan fingerprint density at radius 2 is 0.846 bits per heavy atom. The van der Waals surface area contributed by atoms with Crippen LogP contribution >= 0.6 is 0 Å². The summed E-state index contributed by atoms with van der Waals surface area (Å²) in [5, 5.41) is 4.09. The molecule has 150 valence electrons. The van der Waals surface area contributed by atoms with Gasteiger partial charge in [0.15, 0.2) is 0 Å². The van der Waals surface area contributed by atoms with Gasteiger partial charge in [-0.05, 0) is 51.4 Å². The van der Waals surface area contributed by atoms with Gasteiger partial charge in [-0.1, -0.05) is 70.6 Å². The fourth-order valence-electron chi connectivity index (χ4n) is 5.75. The van der Waals surface area contributed by atoms with Gasteiger partial charge in [0.1, 0.15) is 5.78 Å². The molecule has 2 saturated carbocycles. The van der Waals surface area contributed by atoms with Crippen molar-refractivity contribution in [3.8, 4) is 0 Å². The second-order valence-electron chi connectivity index (χ2n) is 9.56. The van der Waals surface area contributed by atoms with Crippen LogP contribution in [0.5, 0.6) is 0 Å². The molecule has 2 nitrogen and oxygen atoms in total. The molecule has 0 aromatic rings. The van der Waals surface area contributed by atoms with E-state index >= 15 is 0 Å². The van der Waals surface area contributed by atoms with Crippen molar-refractivity contribution in [2.45, 2.75) is 134 Å². The summed E-state index contributed by atoms with van der Waals surface area (Å²) in [6.07, 6.45) is 24.8. The molecule has 3 aliphatic rings. The molecule has 3 fully saturated rings. The molecule has 1 heterocycles. The number of hydrogen-bond donors (Lipinski definition) is 1. The lowest BCUT2D eigenvalue weighted by atomic mass is 9.79. The Bertz CT molecular complexity index is 407. The number of carbonyl (C=O) groups excluding carboxylic acids is 1. The van der Waals surface area contributed by atoms with Gasteiger partial charge in [0.05, 0.1) is 0 Å². The van der Waals surface area contributed by atoms with Gasteiger partial charge in [-0.2, -0.15) is 0 Å². The van der Waals surface area contributed by atoms with Gasteiger partial charge in [-0.3, -0.25) is 4.79 Å². The zero-order chi connectivity index (χ0) is 18.0. The topological polar surface area (TPSA) is 29.1 Å². The van der Waals surface area contributed by atoms with Crippen LogP contribution in [0, 0.1) is 11.8 Å². The van der Waals surface area contributed by atoms with E-state index < -0.39 is 0 Å². The maximum Gasteiger partial charge on any atom is 0.139 e. The van der Waals surface area contributed by atoms with Crippen LogP contribution in [-0.4, -0.2) is 17.9 Å². The Morgan fingerprint density at radius 3 is 1.31 bits per heavy atom. The first-order valence-corrected chi connectivity index (χ1v) is 12.1. The van der Waals surface area contributed by atoms with Gasteiger partial charge in [-0.25, -0.2) is 0 Å². The normalized spacial score (nSPS) is 36.5. The zero-order valence-corrected chi connectivity index (χ0v) is 17.2. The predicted octanol–water partition coefficient (Wildman–Crippen LogP) is 6.57. The van der Waals surface area contributed by atoms with Gasteiger partial charge in [0.25, 0.3) is 0 Å².